The average Bonchev–Trinajstić information content (AvgIpc) is 2.92. The predicted molar refractivity (Wildman–Crippen MR) is 113 cm³/mol. The predicted octanol–water partition coefficient (Wildman–Crippen LogP) is 2.73. The molecule has 0 amide bonds. The molecule has 8 heteroatoms. The highest BCUT2D eigenvalue weighted by molar-refractivity contribution is 6.30. The lowest BCUT2D eigenvalue weighted by Crippen LogP contribution is -2.38. The van der Waals surface area contributed by atoms with E-state index >= 15 is 0 Å². The van der Waals surface area contributed by atoms with Gasteiger partial charge in [0.25, 0.3) is 0 Å². The minimum Gasteiger partial charge on any atom is -0.491 e. The van der Waals surface area contributed by atoms with Crippen LogP contribution in [0.4, 0.5) is 5.69 Å². The maximum absolute atomic E-state index is 11.2. The minimum atomic E-state index is -0.606. The summed E-state index contributed by atoms with van der Waals surface area (Å²) in [5.74, 6) is 0.0649. The van der Waals surface area contributed by atoms with Gasteiger partial charge in [0.1, 0.15) is 18.5 Å². The summed E-state index contributed by atoms with van der Waals surface area (Å²) in [7, 11) is 0. The molecule has 1 fully saturated rings. The second-order valence-electron chi connectivity index (χ2n) is 7.25. The van der Waals surface area contributed by atoms with Gasteiger partial charge in [-0.05, 0) is 49.4 Å². The molecule has 1 aliphatic heterocycles. The summed E-state index contributed by atoms with van der Waals surface area (Å²) >= 11 is 5.98. The molecule has 154 valence electrons. The highest BCUT2D eigenvalue weighted by Gasteiger charge is 2.18. The standard InChI is InChI=1S/C21H24ClN3O4/c22-15-2-4-16(5-3-15)25-9-1-8-24(10-11-25)13-17(26)14-28-18-6-7-19-20(12-18)29-21(27)23-19/h2-7,12,17,26H,1,8-11,13-14H2,(H,23,27)/t17-/m0/s1. The summed E-state index contributed by atoms with van der Waals surface area (Å²) in [4.78, 5) is 18.4. The Morgan fingerprint density at radius 3 is 2.79 bits per heavy atom. The van der Waals surface area contributed by atoms with Gasteiger partial charge in [-0.15, -0.1) is 0 Å². The summed E-state index contributed by atoms with van der Waals surface area (Å²) in [6.45, 7) is 4.42. The van der Waals surface area contributed by atoms with Gasteiger partial charge in [0, 0.05) is 43.0 Å². The molecule has 2 N–H and O–H groups in total. The number of H-pyrrole nitrogens is 1. The van der Waals surface area contributed by atoms with Crippen LogP contribution in [0.2, 0.25) is 5.02 Å². The lowest BCUT2D eigenvalue weighted by molar-refractivity contribution is 0.0705. The van der Waals surface area contributed by atoms with Crippen molar-refractivity contribution >= 4 is 28.4 Å². The zero-order chi connectivity index (χ0) is 20.2. The van der Waals surface area contributed by atoms with E-state index in [-0.39, 0.29) is 6.61 Å². The molecule has 0 radical (unpaired) electrons. The van der Waals surface area contributed by atoms with Gasteiger partial charge in [-0.2, -0.15) is 0 Å². The molecule has 4 rings (SSSR count). The molecule has 1 saturated heterocycles. The Balaban J connectivity index is 1.27. The number of nitrogens with zero attached hydrogens (tertiary/aromatic N) is 2. The topological polar surface area (TPSA) is 81.9 Å². The number of hydrogen-bond acceptors (Lipinski definition) is 6. The Hall–Kier alpha value is -2.48. The first-order chi connectivity index (χ1) is 14.1. The van der Waals surface area contributed by atoms with Gasteiger partial charge < -0.3 is 19.2 Å². The summed E-state index contributed by atoms with van der Waals surface area (Å²) in [6.07, 6.45) is 0.422. The highest BCUT2D eigenvalue weighted by atomic mass is 35.5. The van der Waals surface area contributed by atoms with E-state index in [2.05, 4.69) is 14.8 Å². The van der Waals surface area contributed by atoms with Crippen LogP contribution in [0.15, 0.2) is 51.7 Å². The van der Waals surface area contributed by atoms with Crippen molar-refractivity contribution in [1.29, 1.82) is 0 Å². The second kappa shape index (κ2) is 8.90. The van der Waals surface area contributed by atoms with Crippen LogP contribution >= 0.6 is 11.6 Å². The maximum atomic E-state index is 11.2. The van der Waals surface area contributed by atoms with Gasteiger partial charge in [-0.3, -0.25) is 9.88 Å². The normalized spacial score (nSPS) is 16.7. The fraction of sp³-hybridized carbons (Fsp3) is 0.381. The van der Waals surface area contributed by atoms with Crippen LogP contribution in [-0.4, -0.2) is 60.4 Å². The van der Waals surface area contributed by atoms with Crippen LogP contribution in [-0.2, 0) is 0 Å². The van der Waals surface area contributed by atoms with Crippen LogP contribution < -0.4 is 15.4 Å². The molecular formula is C21H24ClN3O4. The number of oxazole rings is 1. The monoisotopic (exact) mass is 417 g/mol. The largest absolute Gasteiger partial charge is 0.491 e. The van der Waals surface area contributed by atoms with Crippen LogP contribution in [0.5, 0.6) is 5.75 Å². The molecule has 0 spiro atoms. The summed E-state index contributed by atoms with van der Waals surface area (Å²) in [5.41, 5.74) is 2.24. The quantitative estimate of drug-likeness (QED) is 0.641. The van der Waals surface area contributed by atoms with Crippen molar-refractivity contribution < 1.29 is 14.3 Å². The third kappa shape index (κ3) is 5.12. The molecule has 0 unspecified atom stereocenters. The van der Waals surface area contributed by atoms with Crippen LogP contribution in [0, 0.1) is 0 Å². The molecule has 7 nitrogen and oxygen atoms in total. The van der Waals surface area contributed by atoms with E-state index in [9.17, 15) is 9.90 Å². The number of aliphatic hydroxyl groups is 1. The Kier molecular flexibility index (Phi) is 6.08. The van der Waals surface area contributed by atoms with Crippen molar-refractivity contribution in [3.8, 4) is 5.75 Å². The molecule has 1 atom stereocenters. The maximum Gasteiger partial charge on any atom is 0.417 e. The Morgan fingerprint density at radius 2 is 1.97 bits per heavy atom. The summed E-state index contributed by atoms with van der Waals surface area (Å²) in [6, 6.07) is 13.0. The summed E-state index contributed by atoms with van der Waals surface area (Å²) in [5, 5.41) is 11.2. The number of halogens is 1. The number of β-amino-alcohol motifs (C(OH)–C–C–N with tert-alkyl or cyclic N) is 1. The third-order valence-electron chi connectivity index (χ3n) is 5.08. The number of aliphatic hydroxyl groups excluding tert-OH is 1. The van der Waals surface area contributed by atoms with Gasteiger partial charge in [0.2, 0.25) is 0 Å². The molecule has 0 aliphatic carbocycles. The van der Waals surface area contributed by atoms with E-state index in [1.807, 2.05) is 24.3 Å². The first-order valence-electron chi connectivity index (χ1n) is 9.73. The van der Waals surface area contributed by atoms with E-state index in [0.29, 0.717) is 23.4 Å². The zero-order valence-electron chi connectivity index (χ0n) is 16.0. The average molecular weight is 418 g/mol. The van der Waals surface area contributed by atoms with Crippen molar-refractivity contribution in [2.45, 2.75) is 12.5 Å². The van der Waals surface area contributed by atoms with Gasteiger partial charge in [-0.1, -0.05) is 11.6 Å². The lowest BCUT2D eigenvalue weighted by Gasteiger charge is -2.25. The Labute approximate surface area is 173 Å². The van der Waals surface area contributed by atoms with Crippen LogP contribution in [0.25, 0.3) is 11.1 Å². The van der Waals surface area contributed by atoms with Crippen LogP contribution in [0.3, 0.4) is 0 Å². The minimum absolute atomic E-state index is 0.178. The molecule has 29 heavy (non-hydrogen) atoms. The number of fused-ring (bicyclic) bond motifs is 1. The molecule has 2 aromatic carbocycles. The molecule has 0 saturated carbocycles. The SMILES string of the molecule is O=c1[nH]c2ccc(OC[C@@H](O)CN3CCCN(c4ccc(Cl)cc4)CC3)cc2o1. The third-order valence-corrected chi connectivity index (χ3v) is 5.34. The molecule has 1 aromatic heterocycles. The molecule has 2 heterocycles. The highest BCUT2D eigenvalue weighted by Crippen LogP contribution is 2.20. The number of nitrogens with one attached hydrogen (secondary N) is 1. The number of aromatic nitrogens is 1. The first-order valence-corrected chi connectivity index (χ1v) is 10.1. The van der Waals surface area contributed by atoms with Gasteiger partial charge in [-0.25, -0.2) is 4.79 Å². The number of rotatable bonds is 6. The number of anilines is 1. The molecule has 1 aliphatic rings. The number of aromatic amines is 1. The smallest absolute Gasteiger partial charge is 0.417 e. The van der Waals surface area contributed by atoms with Crippen molar-refractivity contribution in [2.24, 2.45) is 0 Å². The number of hydrogen-bond donors (Lipinski definition) is 2. The van der Waals surface area contributed by atoms with Gasteiger partial charge in [0.15, 0.2) is 5.58 Å². The van der Waals surface area contributed by atoms with Crippen molar-refractivity contribution in [3.05, 3.63) is 58.0 Å². The van der Waals surface area contributed by atoms with Crippen molar-refractivity contribution in [1.82, 2.24) is 9.88 Å². The van der Waals surface area contributed by atoms with Crippen LogP contribution in [0.1, 0.15) is 6.42 Å². The second-order valence-corrected chi connectivity index (χ2v) is 7.69. The Morgan fingerprint density at radius 1 is 1.14 bits per heavy atom. The van der Waals surface area contributed by atoms with E-state index in [1.54, 1.807) is 18.2 Å². The summed E-state index contributed by atoms with van der Waals surface area (Å²) < 4.78 is 10.7. The molecular weight excluding hydrogens is 394 g/mol. The first kappa shape index (κ1) is 19.8. The van der Waals surface area contributed by atoms with E-state index in [1.165, 1.54) is 5.69 Å². The van der Waals surface area contributed by atoms with E-state index < -0.39 is 11.9 Å². The fourth-order valence-corrected chi connectivity index (χ4v) is 3.75. The van der Waals surface area contributed by atoms with Crippen molar-refractivity contribution in [2.75, 3.05) is 44.2 Å². The lowest BCUT2D eigenvalue weighted by atomic mass is 10.2. The van der Waals surface area contributed by atoms with Gasteiger partial charge in [0.05, 0.1) is 5.52 Å². The van der Waals surface area contributed by atoms with Crippen molar-refractivity contribution in [3.63, 3.8) is 0 Å². The number of benzene rings is 2. The van der Waals surface area contributed by atoms with E-state index in [0.717, 1.165) is 37.6 Å². The fourth-order valence-electron chi connectivity index (χ4n) is 3.62. The number of ether oxygens (including phenoxy) is 1. The van der Waals surface area contributed by atoms with Gasteiger partial charge >= 0.3 is 5.76 Å². The molecule has 0 bridgehead atoms. The zero-order valence-corrected chi connectivity index (χ0v) is 16.8. The van der Waals surface area contributed by atoms with E-state index in [4.69, 9.17) is 20.8 Å². The molecule has 3 aromatic rings. The Bertz CT molecular complexity index is 1000.